The number of nitrogens with zero attached hydrogens (tertiary/aromatic N) is 1. The molecule has 0 amide bonds. The number of rotatable bonds is 6. The Morgan fingerprint density at radius 2 is 1.96 bits per heavy atom. The first-order chi connectivity index (χ1) is 12.0. The van der Waals surface area contributed by atoms with E-state index in [0.29, 0.717) is 4.34 Å². The Morgan fingerprint density at radius 3 is 2.54 bits per heavy atom. The van der Waals surface area contributed by atoms with Gasteiger partial charge >= 0.3 is 15.5 Å². The van der Waals surface area contributed by atoms with Crippen LogP contribution in [-0.2, 0) is 21.5 Å². The molecule has 1 aromatic carbocycles. The molecular formula is C14H11Cl2F3N2O3S2. The molecule has 0 bridgehead atoms. The Labute approximate surface area is 161 Å². The molecule has 0 aliphatic rings. The highest BCUT2D eigenvalue weighted by atomic mass is 35.5. The summed E-state index contributed by atoms with van der Waals surface area (Å²) in [6.07, 6.45) is 0. The number of hydrogen-bond acceptors (Lipinski definition) is 5. The van der Waals surface area contributed by atoms with Crippen molar-refractivity contribution in [2.75, 3.05) is 4.72 Å². The van der Waals surface area contributed by atoms with E-state index in [1.54, 1.807) is 12.1 Å². The average Bonchev–Trinajstić information content (AvgIpc) is 2.93. The van der Waals surface area contributed by atoms with Crippen molar-refractivity contribution in [1.82, 2.24) is 0 Å². The van der Waals surface area contributed by atoms with E-state index in [-0.39, 0.29) is 28.6 Å². The van der Waals surface area contributed by atoms with Gasteiger partial charge in [-0.15, -0.1) is 11.3 Å². The predicted octanol–water partition coefficient (Wildman–Crippen LogP) is 5.26. The first kappa shape index (κ1) is 20.8. The Kier molecular flexibility index (Phi) is 6.43. The second-order valence-corrected chi connectivity index (χ2v) is 8.81. The number of hydrogen-bond donors (Lipinski definition) is 1. The van der Waals surface area contributed by atoms with Crippen LogP contribution in [0.2, 0.25) is 9.36 Å². The molecule has 2 rings (SSSR count). The van der Waals surface area contributed by atoms with Crippen LogP contribution in [0.25, 0.3) is 0 Å². The summed E-state index contributed by atoms with van der Waals surface area (Å²) in [6, 6.07) is 7.06. The molecule has 142 valence electrons. The lowest BCUT2D eigenvalue weighted by Gasteiger charge is -2.14. The van der Waals surface area contributed by atoms with Crippen LogP contribution in [0.4, 0.5) is 18.9 Å². The maximum absolute atomic E-state index is 12.6. The first-order valence-electron chi connectivity index (χ1n) is 6.79. The fourth-order valence-corrected chi connectivity index (χ4v) is 3.53. The zero-order chi connectivity index (χ0) is 19.5. The van der Waals surface area contributed by atoms with E-state index in [1.165, 1.54) is 35.1 Å². The second-order valence-electron chi connectivity index (χ2n) is 4.90. The predicted molar refractivity (Wildman–Crippen MR) is 96.4 cm³/mol. The summed E-state index contributed by atoms with van der Waals surface area (Å²) in [5.74, 6) is 0. The quantitative estimate of drug-likeness (QED) is 0.486. The highest BCUT2D eigenvalue weighted by Crippen LogP contribution is 2.29. The zero-order valence-corrected chi connectivity index (χ0v) is 16.1. The number of oxime groups is 1. The Hall–Kier alpha value is -1.49. The van der Waals surface area contributed by atoms with E-state index in [1.807, 2.05) is 0 Å². The molecule has 1 heterocycles. The molecule has 1 N–H and O–H groups in total. The zero-order valence-electron chi connectivity index (χ0n) is 13.0. The number of nitrogens with one attached hydrogen (secondary N) is 1. The van der Waals surface area contributed by atoms with Gasteiger partial charge in [-0.1, -0.05) is 28.4 Å². The van der Waals surface area contributed by atoms with Crippen molar-refractivity contribution in [3.63, 3.8) is 0 Å². The fourth-order valence-electron chi connectivity index (χ4n) is 1.78. The molecule has 0 spiro atoms. The van der Waals surface area contributed by atoms with Crippen LogP contribution >= 0.6 is 34.5 Å². The van der Waals surface area contributed by atoms with Crippen LogP contribution in [0.15, 0.2) is 35.5 Å². The highest BCUT2D eigenvalue weighted by molar-refractivity contribution is 7.93. The van der Waals surface area contributed by atoms with Crippen molar-refractivity contribution in [3.8, 4) is 0 Å². The van der Waals surface area contributed by atoms with Gasteiger partial charge in [-0.25, -0.2) is 0 Å². The van der Waals surface area contributed by atoms with E-state index in [4.69, 9.17) is 28.0 Å². The normalized spacial score (nSPS) is 12.9. The minimum Gasteiger partial charge on any atom is -0.390 e. The Morgan fingerprint density at radius 1 is 1.27 bits per heavy atom. The Balaban J connectivity index is 2.24. The number of alkyl halides is 3. The maximum atomic E-state index is 12.6. The van der Waals surface area contributed by atoms with E-state index in [2.05, 4.69) is 5.16 Å². The minimum absolute atomic E-state index is 0.0505. The fraction of sp³-hybridized carbons (Fsp3) is 0.214. The van der Waals surface area contributed by atoms with Crippen LogP contribution in [0.1, 0.15) is 17.4 Å². The lowest BCUT2D eigenvalue weighted by Crippen LogP contribution is -2.30. The minimum atomic E-state index is -5.58. The van der Waals surface area contributed by atoms with Crippen molar-refractivity contribution in [1.29, 1.82) is 0 Å². The third-order valence-corrected chi connectivity index (χ3v) is 5.50. The van der Waals surface area contributed by atoms with Crippen LogP contribution in [0, 0.1) is 0 Å². The van der Waals surface area contributed by atoms with Crippen molar-refractivity contribution >= 4 is 56.0 Å². The van der Waals surface area contributed by atoms with Gasteiger partial charge in [-0.2, -0.15) is 21.6 Å². The summed E-state index contributed by atoms with van der Waals surface area (Å²) >= 11 is 12.9. The van der Waals surface area contributed by atoms with Crippen molar-refractivity contribution in [3.05, 3.63) is 50.1 Å². The van der Waals surface area contributed by atoms with Gasteiger partial charge in [-0.3, -0.25) is 4.72 Å². The SMILES string of the molecule is CC(=NOCc1ccc(Cl)s1)c1cc(Cl)ccc1NS(=O)(=O)C(F)(F)F. The molecular weight excluding hydrogens is 436 g/mol. The van der Waals surface area contributed by atoms with Crippen LogP contribution < -0.4 is 4.72 Å². The van der Waals surface area contributed by atoms with Gasteiger partial charge in [0.1, 0.15) is 0 Å². The molecule has 0 unspecified atom stereocenters. The molecule has 0 aliphatic carbocycles. The maximum Gasteiger partial charge on any atom is 0.516 e. The summed E-state index contributed by atoms with van der Waals surface area (Å²) in [5.41, 5.74) is -5.59. The van der Waals surface area contributed by atoms with E-state index in [9.17, 15) is 21.6 Å². The lowest BCUT2D eigenvalue weighted by atomic mass is 10.1. The van der Waals surface area contributed by atoms with E-state index >= 15 is 0 Å². The number of anilines is 1. The molecule has 2 aromatic rings. The van der Waals surface area contributed by atoms with Gasteiger partial charge in [0.2, 0.25) is 0 Å². The average molecular weight is 447 g/mol. The Bertz CT molecular complexity index is 928. The first-order valence-corrected chi connectivity index (χ1v) is 9.85. The summed E-state index contributed by atoms with van der Waals surface area (Å²) in [7, 11) is -5.58. The molecule has 12 heteroatoms. The molecule has 0 aliphatic heterocycles. The van der Waals surface area contributed by atoms with Crippen LogP contribution in [0.3, 0.4) is 0 Å². The molecule has 0 fully saturated rings. The molecule has 0 saturated heterocycles. The lowest BCUT2D eigenvalue weighted by molar-refractivity contribution is -0.0429. The molecule has 5 nitrogen and oxygen atoms in total. The van der Waals surface area contributed by atoms with Crippen molar-refractivity contribution in [2.24, 2.45) is 5.16 Å². The van der Waals surface area contributed by atoms with Gasteiger partial charge in [0.05, 0.1) is 15.7 Å². The van der Waals surface area contributed by atoms with Gasteiger partial charge < -0.3 is 4.84 Å². The molecule has 1 aromatic heterocycles. The van der Waals surface area contributed by atoms with Crippen molar-refractivity contribution in [2.45, 2.75) is 19.0 Å². The third kappa shape index (κ3) is 5.26. The third-order valence-electron chi connectivity index (χ3n) is 2.96. The summed E-state index contributed by atoms with van der Waals surface area (Å²) < 4.78 is 62.5. The topological polar surface area (TPSA) is 67.8 Å². The summed E-state index contributed by atoms with van der Waals surface area (Å²) in [6.45, 7) is 1.54. The number of halogens is 5. The van der Waals surface area contributed by atoms with Gasteiger partial charge in [-0.05, 0) is 37.3 Å². The van der Waals surface area contributed by atoms with E-state index in [0.717, 1.165) is 10.9 Å². The smallest absolute Gasteiger partial charge is 0.390 e. The molecule has 0 radical (unpaired) electrons. The standard InChI is InChI=1S/C14H11Cl2F3N2O3S2/c1-8(20-24-7-10-3-5-13(16)25-10)11-6-9(15)2-4-12(11)21-26(22,23)14(17,18)19/h2-6,21H,7H2,1H3. The van der Waals surface area contributed by atoms with Crippen LogP contribution in [0.5, 0.6) is 0 Å². The molecule has 0 saturated carbocycles. The van der Waals surface area contributed by atoms with Gasteiger partial charge in [0, 0.05) is 15.5 Å². The van der Waals surface area contributed by atoms with Crippen molar-refractivity contribution < 1.29 is 26.4 Å². The number of sulfonamides is 1. The molecule has 26 heavy (non-hydrogen) atoms. The monoisotopic (exact) mass is 446 g/mol. The molecule has 0 atom stereocenters. The van der Waals surface area contributed by atoms with Gasteiger partial charge in [0.15, 0.2) is 6.61 Å². The summed E-state index contributed by atoms with van der Waals surface area (Å²) in [4.78, 5) is 5.93. The van der Waals surface area contributed by atoms with Crippen LogP contribution in [-0.4, -0.2) is 19.6 Å². The van der Waals surface area contributed by atoms with E-state index < -0.39 is 15.5 Å². The number of thiophene rings is 1. The summed E-state index contributed by atoms with van der Waals surface area (Å²) in [5, 5.41) is 3.99. The highest BCUT2D eigenvalue weighted by Gasteiger charge is 2.46. The number of benzene rings is 1. The second kappa shape index (κ2) is 8.03. The largest absolute Gasteiger partial charge is 0.516 e. The van der Waals surface area contributed by atoms with Gasteiger partial charge in [0.25, 0.3) is 0 Å².